The Hall–Kier alpha value is -0.160. The number of aliphatic hydroxyl groups is 3. The van der Waals surface area contributed by atoms with Gasteiger partial charge in [-0.2, -0.15) is 0 Å². The van der Waals surface area contributed by atoms with E-state index in [1.165, 1.54) is 0 Å². The molecule has 3 N–H and O–H groups in total. The van der Waals surface area contributed by atoms with E-state index in [2.05, 4.69) is 4.74 Å². The predicted molar refractivity (Wildman–Crippen MR) is 39.7 cm³/mol. The summed E-state index contributed by atoms with van der Waals surface area (Å²) in [5, 5.41) is 26.6. The number of ether oxygens (including phenoxy) is 1. The fraction of sp³-hybridized carbons (Fsp3) is 1.00. The molecule has 3 atom stereocenters. The molecule has 0 saturated heterocycles. The average Bonchev–Trinajstić information content (AvgIpc) is 1.85. The van der Waals surface area contributed by atoms with Gasteiger partial charge in [0.15, 0.2) is 12.6 Å². The number of hydrogen-bond acceptors (Lipinski definition) is 4. The van der Waals surface area contributed by atoms with E-state index in [4.69, 9.17) is 15.3 Å². The molecule has 4 heteroatoms. The molecule has 0 aliphatic heterocycles. The van der Waals surface area contributed by atoms with E-state index in [-0.39, 0.29) is 6.42 Å². The van der Waals surface area contributed by atoms with Crippen molar-refractivity contribution in [2.45, 2.75) is 45.4 Å². The van der Waals surface area contributed by atoms with Crippen LogP contribution >= 0.6 is 0 Å². The quantitative estimate of drug-likeness (QED) is 0.493. The summed E-state index contributed by atoms with van der Waals surface area (Å²) in [6, 6.07) is 0. The van der Waals surface area contributed by atoms with Crippen molar-refractivity contribution in [2.75, 3.05) is 0 Å². The molecule has 0 aromatic rings. The van der Waals surface area contributed by atoms with Crippen molar-refractivity contribution in [2.24, 2.45) is 0 Å². The summed E-state index contributed by atoms with van der Waals surface area (Å²) in [6.07, 6.45) is -2.09. The zero-order chi connectivity index (χ0) is 8.85. The summed E-state index contributed by atoms with van der Waals surface area (Å²) in [7, 11) is 0. The highest BCUT2D eigenvalue weighted by Gasteiger charge is 2.11. The third-order valence-corrected chi connectivity index (χ3v) is 1.21. The minimum Gasteiger partial charge on any atom is -0.393 e. The van der Waals surface area contributed by atoms with Crippen molar-refractivity contribution >= 4 is 0 Å². The first-order valence-electron chi connectivity index (χ1n) is 3.76. The smallest absolute Gasteiger partial charge is 0.160 e. The highest BCUT2D eigenvalue weighted by atomic mass is 16.7. The van der Waals surface area contributed by atoms with Crippen LogP contribution in [0.3, 0.4) is 0 Å². The van der Waals surface area contributed by atoms with Crippen LogP contribution < -0.4 is 0 Å². The highest BCUT2D eigenvalue weighted by molar-refractivity contribution is 4.50. The van der Waals surface area contributed by atoms with Crippen LogP contribution in [-0.4, -0.2) is 34.0 Å². The van der Waals surface area contributed by atoms with E-state index < -0.39 is 18.7 Å². The molecule has 11 heavy (non-hydrogen) atoms. The minimum atomic E-state index is -1.08. The van der Waals surface area contributed by atoms with Crippen molar-refractivity contribution in [3.8, 4) is 0 Å². The van der Waals surface area contributed by atoms with Crippen LogP contribution in [0.5, 0.6) is 0 Å². The van der Waals surface area contributed by atoms with Gasteiger partial charge in [0.1, 0.15) is 0 Å². The summed E-state index contributed by atoms with van der Waals surface area (Å²) in [5.74, 6) is 0. The van der Waals surface area contributed by atoms with Crippen molar-refractivity contribution in [3.63, 3.8) is 0 Å². The molecule has 0 fully saturated rings. The molecule has 0 aromatic carbocycles. The Balaban J connectivity index is 3.43. The first-order valence-corrected chi connectivity index (χ1v) is 3.76. The summed E-state index contributed by atoms with van der Waals surface area (Å²) in [4.78, 5) is 0. The maximum Gasteiger partial charge on any atom is 0.160 e. The molecule has 0 saturated carbocycles. The molecule has 0 aliphatic rings. The molecule has 3 unspecified atom stereocenters. The van der Waals surface area contributed by atoms with Gasteiger partial charge in [0.05, 0.1) is 6.10 Å². The summed E-state index contributed by atoms with van der Waals surface area (Å²) >= 11 is 0. The lowest BCUT2D eigenvalue weighted by Gasteiger charge is -2.16. The molecule has 0 radical (unpaired) electrons. The molecule has 0 rings (SSSR count). The van der Waals surface area contributed by atoms with Crippen LogP contribution in [0.25, 0.3) is 0 Å². The topological polar surface area (TPSA) is 69.9 Å². The Morgan fingerprint density at radius 2 is 1.73 bits per heavy atom. The van der Waals surface area contributed by atoms with Crippen LogP contribution in [0.4, 0.5) is 0 Å². The van der Waals surface area contributed by atoms with Crippen LogP contribution in [-0.2, 0) is 4.74 Å². The average molecular weight is 164 g/mol. The second-order valence-electron chi connectivity index (χ2n) is 2.54. The first kappa shape index (κ1) is 10.8. The van der Waals surface area contributed by atoms with Crippen molar-refractivity contribution in [1.29, 1.82) is 0 Å². The van der Waals surface area contributed by atoms with Gasteiger partial charge in [-0.25, -0.2) is 0 Å². The van der Waals surface area contributed by atoms with E-state index in [1.807, 2.05) is 0 Å². The normalized spacial score (nSPS) is 19.4. The van der Waals surface area contributed by atoms with Gasteiger partial charge >= 0.3 is 0 Å². The Morgan fingerprint density at radius 3 is 2.09 bits per heavy atom. The molecule has 0 aromatic heterocycles. The maximum atomic E-state index is 8.98. The second-order valence-corrected chi connectivity index (χ2v) is 2.54. The van der Waals surface area contributed by atoms with E-state index in [0.717, 1.165) is 0 Å². The Bertz CT molecular complexity index is 94.4. The summed E-state index contributed by atoms with van der Waals surface area (Å²) < 4.78 is 4.66. The molecular weight excluding hydrogens is 148 g/mol. The lowest BCUT2D eigenvalue weighted by molar-refractivity contribution is -0.215. The van der Waals surface area contributed by atoms with E-state index >= 15 is 0 Å². The molecule has 0 heterocycles. The van der Waals surface area contributed by atoms with Gasteiger partial charge in [0.2, 0.25) is 0 Å². The summed E-state index contributed by atoms with van der Waals surface area (Å²) in [5.41, 5.74) is 0. The van der Waals surface area contributed by atoms with Gasteiger partial charge in [-0.3, -0.25) is 0 Å². The Kier molecular flexibility index (Phi) is 5.41. The fourth-order valence-electron chi connectivity index (χ4n) is 0.625. The monoisotopic (exact) mass is 164 g/mol. The first-order chi connectivity index (χ1) is 5.06. The van der Waals surface area contributed by atoms with Crippen molar-refractivity contribution in [1.82, 2.24) is 0 Å². The highest BCUT2D eigenvalue weighted by Crippen LogP contribution is 2.03. The molecule has 0 amide bonds. The largest absolute Gasteiger partial charge is 0.393 e. The third kappa shape index (κ3) is 6.25. The lowest BCUT2D eigenvalue weighted by atomic mass is 10.3. The maximum absolute atomic E-state index is 8.98. The van der Waals surface area contributed by atoms with Crippen molar-refractivity contribution in [3.05, 3.63) is 0 Å². The van der Waals surface area contributed by atoms with Crippen LogP contribution in [0.15, 0.2) is 0 Å². The zero-order valence-corrected chi connectivity index (χ0v) is 6.90. The molecular formula is C7H16O4. The standard InChI is InChI=1S/C7H16O4/c1-3-6(9)11-7(10)4-5(2)8/h5-10H,3-4H2,1-2H3. The Morgan fingerprint density at radius 1 is 1.18 bits per heavy atom. The predicted octanol–water partition coefficient (Wildman–Crippen LogP) is -0.179. The number of aliphatic hydroxyl groups excluding tert-OH is 3. The Labute approximate surface area is 66.4 Å². The van der Waals surface area contributed by atoms with Gasteiger partial charge in [-0.1, -0.05) is 6.92 Å². The van der Waals surface area contributed by atoms with Gasteiger partial charge in [-0.05, 0) is 13.3 Å². The summed E-state index contributed by atoms with van der Waals surface area (Å²) in [6.45, 7) is 3.28. The van der Waals surface area contributed by atoms with Gasteiger partial charge in [0.25, 0.3) is 0 Å². The minimum absolute atomic E-state index is 0.122. The van der Waals surface area contributed by atoms with Crippen molar-refractivity contribution < 1.29 is 20.1 Å². The van der Waals surface area contributed by atoms with E-state index in [0.29, 0.717) is 6.42 Å². The molecule has 68 valence electrons. The lowest BCUT2D eigenvalue weighted by Crippen LogP contribution is -2.24. The molecule has 0 bridgehead atoms. The zero-order valence-electron chi connectivity index (χ0n) is 6.90. The van der Waals surface area contributed by atoms with Crippen LogP contribution in [0.1, 0.15) is 26.7 Å². The van der Waals surface area contributed by atoms with Crippen LogP contribution in [0, 0.1) is 0 Å². The number of hydrogen-bond donors (Lipinski definition) is 3. The molecule has 4 nitrogen and oxygen atoms in total. The van der Waals surface area contributed by atoms with E-state index in [1.54, 1.807) is 13.8 Å². The van der Waals surface area contributed by atoms with E-state index in [9.17, 15) is 0 Å². The number of rotatable bonds is 5. The molecule has 0 spiro atoms. The second kappa shape index (κ2) is 5.49. The third-order valence-electron chi connectivity index (χ3n) is 1.21. The fourth-order valence-corrected chi connectivity index (χ4v) is 0.625. The van der Waals surface area contributed by atoms with Gasteiger partial charge in [0, 0.05) is 6.42 Å². The molecule has 0 aliphatic carbocycles. The van der Waals surface area contributed by atoms with Gasteiger partial charge in [-0.15, -0.1) is 0 Å². The van der Waals surface area contributed by atoms with Crippen LogP contribution in [0.2, 0.25) is 0 Å². The van der Waals surface area contributed by atoms with Gasteiger partial charge < -0.3 is 20.1 Å². The SMILES string of the molecule is CCC(O)OC(O)CC(C)O.